The van der Waals surface area contributed by atoms with E-state index < -0.39 is 0 Å². The molecule has 0 bridgehead atoms. The van der Waals surface area contributed by atoms with Crippen LogP contribution in [0.4, 0.5) is 5.69 Å². The van der Waals surface area contributed by atoms with Gasteiger partial charge in [-0.1, -0.05) is 18.7 Å². The third-order valence-corrected chi connectivity index (χ3v) is 3.11. The zero-order valence-electron chi connectivity index (χ0n) is 7.77. The molecule has 0 radical (unpaired) electrons. The van der Waals surface area contributed by atoms with E-state index in [-0.39, 0.29) is 11.4 Å². The van der Waals surface area contributed by atoms with Crippen molar-refractivity contribution in [3.05, 3.63) is 18.3 Å². The standard InChI is InChI=1S/C9H14N2OS/c1-6(12)7(2)13-9-8(10)4-3-5-11-9/h3-7,12H,10H2,1-2H3. The highest BCUT2D eigenvalue weighted by molar-refractivity contribution is 8.00. The van der Waals surface area contributed by atoms with Crippen LogP contribution in [0.15, 0.2) is 23.4 Å². The summed E-state index contributed by atoms with van der Waals surface area (Å²) >= 11 is 1.49. The number of aliphatic hydroxyl groups excluding tert-OH is 1. The van der Waals surface area contributed by atoms with Crippen molar-refractivity contribution in [2.75, 3.05) is 5.73 Å². The predicted octanol–water partition coefficient (Wildman–Crippen LogP) is 1.53. The molecule has 1 aromatic heterocycles. The zero-order valence-corrected chi connectivity index (χ0v) is 8.58. The molecule has 72 valence electrons. The first-order chi connectivity index (χ1) is 6.11. The summed E-state index contributed by atoms with van der Waals surface area (Å²) in [6.07, 6.45) is 1.35. The quantitative estimate of drug-likeness (QED) is 0.723. The molecule has 0 fully saturated rings. The van der Waals surface area contributed by atoms with Crippen LogP contribution in [0.3, 0.4) is 0 Å². The summed E-state index contributed by atoms with van der Waals surface area (Å²) in [4.78, 5) is 4.13. The number of hydrogen-bond acceptors (Lipinski definition) is 4. The van der Waals surface area contributed by atoms with E-state index in [1.165, 1.54) is 11.8 Å². The Hall–Kier alpha value is -0.740. The van der Waals surface area contributed by atoms with Crippen LogP contribution in [-0.4, -0.2) is 21.4 Å². The number of thioether (sulfide) groups is 1. The van der Waals surface area contributed by atoms with E-state index >= 15 is 0 Å². The number of aromatic nitrogens is 1. The van der Waals surface area contributed by atoms with Gasteiger partial charge in [-0.15, -0.1) is 0 Å². The second-order valence-electron chi connectivity index (χ2n) is 2.96. The average molecular weight is 198 g/mol. The highest BCUT2D eigenvalue weighted by Gasteiger charge is 2.12. The number of aliphatic hydroxyl groups is 1. The fourth-order valence-electron chi connectivity index (χ4n) is 0.776. The first-order valence-electron chi connectivity index (χ1n) is 4.16. The van der Waals surface area contributed by atoms with Crippen molar-refractivity contribution in [3.63, 3.8) is 0 Å². The van der Waals surface area contributed by atoms with Crippen molar-refractivity contribution < 1.29 is 5.11 Å². The molecule has 3 nitrogen and oxygen atoms in total. The van der Waals surface area contributed by atoms with Crippen molar-refractivity contribution >= 4 is 17.4 Å². The molecule has 1 aromatic rings. The van der Waals surface area contributed by atoms with Gasteiger partial charge >= 0.3 is 0 Å². The van der Waals surface area contributed by atoms with Gasteiger partial charge in [-0.25, -0.2) is 4.98 Å². The molecule has 4 heteroatoms. The Morgan fingerprint density at radius 3 is 2.77 bits per heavy atom. The molecule has 1 heterocycles. The fourth-order valence-corrected chi connectivity index (χ4v) is 1.65. The largest absolute Gasteiger partial charge is 0.397 e. The van der Waals surface area contributed by atoms with E-state index in [1.807, 2.05) is 13.0 Å². The number of nitrogens with two attached hydrogens (primary N) is 1. The Morgan fingerprint density at radius 1 is 1.54 bits per heavy atom. The SMILES string of the molecule is CC(O)C(C)Sc1ncccc1N. The Kier molecular flexibility index (Phi) is 3.57. The lowest BCUT2D eigenvalue weighted by Gasteiger charge is -2.13. The molecule has 0 aromatic carbocycles. The van der Waals surface area contributed by atoms with Crippen molar-refractivity contribution in [2.45, 2.75) is 30.2 Å². The summed E-state index contributed by atoms with van der Waals surface area (Å²) in [5.41, 5.74) is 6.37. The normalized spacial score (nSPS) is 15.3. The second-order valence-corrected chi connectivity index (χ2v) is 4.33. The van der Waals surface area contributed by atoms with E-state index in [4.69, 9.17) is 5.73 Å². The fraction of sp³-hybridized carbons (Fsp3) is 0.444. The van der Waals surface area contributed by atoms with Crippen LogP contribution < -0.4 is 5.73 Å². The summed E-state index contributed by atoms with van der Waals surface area (Å²) < 4.78 is 0. The van der Waals surface area contributed by atoms with Gasteiger partial charge in [-0.2, -0.15) is 0 Å². The van der Waals surface area contributed by atoms with Crippen molar-refractivity contribution in [3.8, 4) is 0 Å². The molecule has 0 aliphatic carbocycles. The first kappa shape index (κ1) is 10.3. The summed E-state index contributed by atoms with van der Waals surface area (Å²) in [5.74, 6) is 0. The number of nitrogen functional groups attached to an aromatic ring is 1. The number of rotatable bonds is 3. The van der Waals surface area contributed by atoms with Crippen LogP contribution in [0.25, 0.3) is 0 Å². The maximum atomic E-state index is 9.28. The molecule has 0 aliphatic heterocycles. The molecule has 1 rings (SSSR count). The maximum Gasteiger partial charge on any atom is 0.119 e. The number of hydrogen-bond donors (Lipinski definition) is 2. The maximum absolute atomic E-state index is 9.28. The second kappa shape index (κ2) is 4.48. The molecule has 3 N–H and O–H groups in total. The minimum absolute atomic E-state index is 0.109. The lowest BCUT2D eigenvalue weighted by molar-refractivity contribution is 0.196. The van der Waals surface area contributed by atoms with Gasteiger partial charge in [0.25, 0.3) is 0 Å². The third kappa shape index (κ3) is 2.90. The zero-order chi connectivity index (χ0) is 9.84. The molecule has 0 spiro atoms. The van der Waals surface area contributed by atoms with E-state index in [0.29, 0.717) is 5.69 Å². The minimum Gasteiger partial charge on any atom is -0.397 e. The molecule has 2 unspecified atom stereocenters. The smallest absolute Gasteiger partial charge is 0.119 e. The molecular weight excluding hydrogens is 184 g/mol. The topological polar surface area (TPSA) is 59.1 Å². The summed E-state index contributed by atoms with van der Waals surface area (Å²) in [6, 6.07) is 3.61. The Labute approximate surface area is 82.4 Å². The highest BCUT2D eigenvalue weighted by atomic mass is 32.2. The molecular formula is C9H14N2OS. The molecule has 13 heavy (non-hydrogen) atoms. The molecule has 0 amide bonds. The van der Waals surface area contributed by atoms with Gasteiger partial charge < -0.3 is 10.8 Å². The molecule has 0 saturated carbocycles. The van der Waals surface area contributed by atoms with Crippen LogP contribution >= 0.6 is 11.8 Å². The van der Waals surface area contributed by atoms with Crippen LogP contribution in [0.5, 0.6) is 0 Å². The number of pyridine rings is 1. The lowest BCUT2D eigenvalue weighted by atomic mass is 10.3. The Bertz CT molecular complexity index is 278. The van der Waals surface area contributed by atoms with Crippen molar-refractivity contribution in [1.29, 1.82) is 0 Å². The van der Waals surface area contributed by atoms with Gasteiger partial charge in [-0.05, 0) is 19.1 Å². The molecule has 0 saturated heterocycles. The van der Waals surface area contributed by atoms with E-state index in [2.05, 4.69) is 4.98 Å². The Morgan fingerprint density at radius 2 is 2.23 bits per heavy atom. The average Bonchev–Trinajstić information content (AvgIpc) is 2.08. The summed E-state index contributed by atoms with van der Waals surface area (Å²) in [5, 5.41) is 10.2. The van der Waals surface area contributed by atoms with Crippen LogP contribution in [0.2, 0.25) is 0 Å². The number of nitrogens with zero attached hydrogens (tertiary/aromatic N) is 1. The number of anilines is 1. The van der Waals surface area contributed by atoms with Gasteiger partial charge in [0.1, 0.15) is 5.03 Å². The van der Waals surface area contributed by atoms with Gasteiger partial charge in [0.2, 0.25) is 0 Å². The highest BCUT2D eigenvalue weighted by Crippen LogP contribution is 2.27. The van der Waals surface area contributed by atoms with Crippen molar-refractivity contribution in [1.82, 2.24) is 4.98 Å². The van der Waals surface area contributed by atoms with Crippen molar-refractivity contribution in [2.24, 2.45) is 0 Å². The predicted molar refractivity (Wildman–Crippen MR) is 55.6 cm³/mol. The summed E-state index contributed by atoms with van der Waals surface area (Å²) in [6.45, 7) is 3.71. The van der Waals surface area contributed by atoms with E-state index in [0.717, 1.165) is 5.03 Å². The summed E-state index contributed by atoms with van der Waals surface area (Å²) in [7, 11) is 0. The van der Waals surface area contributed by atoms with Gasteiger partial charge in [-0.3, -0.25) is 0 Å². The van der Waals surface area contributed by atoms with Crippen LogP contribution in [0.1, 0.15) is 13.8 Å². The monoisotopic (exact) mass is 198 g/mol. The van der Waals surface area contributed by atoms with E-state index in [1.54, 1.807) is 19.2 Å². The minimum atomic E-state index is -0.355. The van der Waals surface area contributed by atoms with Gasteiger partial charge in [0, 0.05) is 11.4 Å². The molecule has 0 aliphatic rings. The van der Waals surface area contributed by atoms with Gasteiger partial charge in [0.05, 0.1) is 11.8 Å². The van der Waals surface area contributed by atoms with Gasteiger partial charge in [0.15, 0.2) is 0 Å². The van der Waals surface area contributed by atoms with Crippen LogP contribution in [-0.2, 0) is 0 Å². The van der Waals surface area contributed by atoms with E-state index in [9.17, 15) is 5.11 Å². The molecule has 2 atom stereocenters. The Balaban J connectivity index is 2.69. The lowest BCUT2D eigenvalue weighted by Crippen LogP contribution is -2.15. The third-order valence-electron chi connectivity index (χ3n) is 1.78. The first-order valence-corrected chi connectivity index (χ1v) is 5.04. The van der Waals surface area contributed by atoms with Crippen LogP contribution in [0, 0.1) is 0 Å².